The van der Waals surface area contributed by atoms with Crippen molar-refractivity contribution in [3.05, 3.63) is 0 Å². The van der Waals surface area contributed by atoms with Crippen molar-refractivity contribution in [2.24, 2.45) is 0 Å². The number of hydrogen-bond donors (Lipinski definition) is 0. The highest BCUT2D eigenvalue weighted by atomic mass is 28.2. The largest absolute Gasteiger partial charge is 0.306 e. The average molecular weight is 268 g/mol. The number of alkyl halides is 4. The molecule has 98 valence electrons. The lowest BCUT2D eigenvalue weighted by Gasteiger charge is -2.38. The van der Waals surface area contributed by atoms with E-state index in [1.165, 1.54) is 0 Å². The van der Waals surface area contributed by atoms with Gasteiger partial charge in [-0.05, 0) is 25.9 Å². The van der Waals surface area contributed by atoms with Crippen molar-refractivity contribution in [2.75, 3.05) is 26.2 Å². The zero-order chi connectivity index (χ0) is 12.5. The maximum Gasteiger partial charge on any atom is 0.260 e. The molecule has 2 rings (SSSR count). The minimum atomic E-state index is -2.65. The van der Waals surface area contributed by atoms with Crippen molar-refractivity contribution in [3.8, 4) is 0 Å². The third kappa shape index (κ3) is 3.92. The lowest BCUT2D eigenvalue weighted by molar-refractivity contribution is -0.0556. The summed E-state index contributed by atoms with van der Waals surface area (Å²) in [7, 11) is -0.0292. The summed E-state index contributed by atoms with van der Waals surface area (Å²) in [5, 5.41) is 0. The Balaban J connectivity index is 1.84. The molecule has 17 heavy (non-hydrogen) atoms. The SMILES string of the molecule is FC1(F)CCCN([Si]N2CCCC(F)(F)C2)C1. The van der Waals surface area contributed by atoms with Gasteiger partial charge in [-0.3, -0.25) is 0 Å². The number of piperidine rings is 2. The fourth-order valence-corrected chi connectivity index (χ4v) is 3.82. The number of rotatable bonds is 2. The molecular formula is C10H16F4N2Si. The first-order valence-electron chi connectivity index (χ1n) is 5.88. The van der Waals surface area contributed by atoms with Gasteiger partial charge in [0.05, 0.1) is 13.1 Å². The fraction of sp³-hybridized carbons (Fsp3) is 1.00. The van der Waals surface area contributed by atoms with Crippen molar-refractivity contribution in [3.63, 3.8) is 0 Å². The van der Waals surface area contributed by atoms with Crippen molar-refractivity contribution < 1.29 is 17.6 Å². The molecule has 0 bridgehead atoms. The molecule has 0 aromatic carbocycles. The third-order valence-electron chi connectivity index (χ3n) is 3.07. The van der Waals surface area contributed by atoms with Gasteiger partial charge in [-0.25, -0.2) is 17.6 Å². The molecule has 2 radical (unpaired) electrons. The van der Waals surface area contributed by atoms with Crippen molar-refractivity contribution >= 4 is 9.84 Å². The van der Waals surface area contributed by atoms with E-state index < -0.39 is 11.8 Å². The second kappa shape index (κ2) is 4.85. The molecule has 0 aromatic rings. The number of nitrogens with zero attached hydrogens (tertiary/aromatic N) is 2. The molecule has 2 heterocycles. The van der Waals surface area contributed by atoms with Crippen LogP contribution in [0.1, 0.15) is 25.7 Å². The Bertz CT molecular complexity index is 249. The van der Waals surface area contributed by atoms with Crippen molar-refractivity contribution in [2.45, 2.75) is 37.5 Å². The molecule has 0 aromatic heterocycles. The predicted octanol–water partition coefficient (Wildman–Crippen LogP) is 1.98. The normalized spacial score (nSPS) is 30.4. The average Bonchev–Trinajstić information content (AvgIpc) is 2.13. The van der Waals surface area contributed by atoms with E-state index in [2.05, 4.69) is 0 Å². The Labute approximate surface area is 101 Å². The second-order valence-electron chi connectivity index (χ2n) is 4.86. The lowest BCUT2D eigenvalue weighted by atomic mass is 10.1. The Morgan fingerprint density at radius 2 is 1.18 bits per heavy atom. The van der Waals surface area contributed by atoms with Gasteiger partial charge in [0.1, 0.15) is 0 Å². The van der Waals surface area contributed by atoms with E-state index >= 15 is 0 Å². The highest BCUT2D eigenvalue weighted by Crippen LogP contribution is 2.28. The summed E-state index contributed by atoms with van der Waals surface area (Å²) in [5.41, 5.74) is 0. The number of hydrogen-bond acceptors (Lipinski definition) is 2. The molecule has 2 fully saturated rings. The van der Waals surface area contributed by atoms with Gasteiger partial charge in [0.2, 0.25) is 0 Å². The maximum absolute atomic E-state index is 13.2. The summed E-state index contributed by atoms with van der Waals surface area (Å²) in [4.78, 5) is 0. The van der Waals surface area contributed by atoms with E-state index in [0.29, 0.717) is 25.9 Å². The van der Waals surface area contributed by atoms with E-state index in [4.69, 9.17) is 0 Å². The Morgan fingerprint density at radius 3 is 1.53 bits per heavy atom. The van der Waals surface area contributed by atoms with Crippen LogP contribution in [0.25, 0.3) is 0 Å². The van der Waals surface area contributed by atoms with Crippen LogP contribution < -0.4 is 0 Å². The summed E-state index contributed by atoms with van der Waals surface area (Å²) in [6.45, 7) is 0.618. The molecule has 0 unspecified atom stereocenters. The minimum Gasteiger partial charge on any atom is -0.306 e. The van der Waals surface area contributed by atoms with Crippen molar-refractivity contribution in [1.29, 1.82) is 0 Å². The van der Waals surface area contributed by atoms with Gasteiger partial charge in [0.15, 0.2) is 0 Å². The first kappa shape index (κ1) is 13.3. The summed E-state index contributed by atoms with van der Waals surface area (Å²) in [5.74, 6) is -5.30. The summed E-state index contributed by atoms with van der Waals surface area (Å²) in [6.07, 6.45) is 0.739. The molecule has 0 N–H and O–H groups in total. The minimum absolute atomic E-state index is 0.0292. The maximum atomic E-state index is 13.2. The Morgan fingerprint density at radius 1 is 0.765 bits per heavy atom. The molecule has 0 atom stereocenters. The van der Waals surface area contributed by atoms with Gasteiger partial charge < -0.3 is 9.13 Å². The van der Waals surface area contributed by atoms with Crippen molar-refractivity contribution in [1.82, 2.24) is 9.13 Å². The monoisotopic (exact) mass is 268 g/mol. The Kier molecular flexibility index (Phi) is 3.79. The van der Waals surface area contributed by atoms with E-state index in [9.17, 15) is 17.6 Å². The van der Waals surface area contributed by atoms with Crippen LogP contribution >= 0.6 is 0 Å². The molecular weight excluding hydrogens is 252 g/mol. The molecule has 2 nitrogen and oxygen atoms in total. The van der Waals surface area contributed by atoms with Crippen LogP contribution in [-0.4, -0.2) is 57.0 Å². The Hall–Kier alpha value is -0.143. The van der Waals surface area contributed by atoms with Gasteiger partial charge in [0.25, 0.3) is 21.7 Å². The standard InChI is InChI=1S/C10H16F4N2Si/c11-9(12)3-1-5-15(7-9)17-16-6-2-4-10(13,14)8-16/h1-8H2. The zero-order valence-electron chi connectivity index (χ0n) is 9.56. The topological polar surface area (TPSA) is 6.48 Å². The van der Waals surface area contributed by atoms with Gasteiger partial charge in [-0.2, -0.15) is 0 Å². The quantitative estimate of drug-likeness (QED) is 0.558. The van der Waals surface area contributed by atoms with Crippen LogP contribution in [0.4, 0.5) is 17.6 Å². The van der Waals surface area contributed by atoms with E-state index in [1.807, 2.05) is 0 Å². The van der Waals surface area contributed by atoms with Crippen LogP contribution in [0.15, 0.2) is 0 Å². The zero-order valence-corrected chi connectivity index (χ0v) is 10.6. The van der Waals surface area contributed by atoms with Gasteiger partial charge in [0, 0.05) is 12.8 Å². The molecule has 7 heteroatoms. The van der Waals surface area contributed by atoms with Crippen LogP contribution in [0.2, 0.25) is 0 Å². The van der Waals surface area contributed by atoms with Gasteiger partial charge in [-0.1, -0.05) is 0 Å². The first-order valence-corrected chi connectivity index (χ1v) is 6.78. The van der Waals surface area contributed by atoms with Crippen LogP contribution in [-0.2, 0) is 0 Å². The summed E-state index contributed by atoms with van der Waals surface area (Å²) >= 11 is 0. The summed E-state index contributed by atoms with van der Waals surface area (Å²) in [6, 6.07) is 0. The molecule has 0 spiro atoms. The van der Waals surface area contributed by atoms with Crippen LogP contribution in [0.3, 0.4) is 0 Å². The molecule has 0 saturated carbocycles. The molecule has 2 aliphatic heterocycles. The van der Waals surface area contributed by atoms with E-state index in [-0.39, 0.29) is 35.8 Å². The number of halogens is 4. The second-order valence-corrected chi connectivity index (χ2v) is 6.33. The molecule has 2 saturated heterocycles. The fourth-order valence-electron chi connectivity index (χ4n) is 2.30. The predicted molar refractivity (Wildman–Crippen MR) is 57.3 cm³/mol. The lowest BCUT2D eigenvalue weighted by Crippen LogP contribution is -2.54. The highest BCUT2D eigenvalue weighted by Gasteiger charge is 2.39. The first-order chi connectivity index (χ1) is 7.86. The van der Waals surface area contributed by atoms with Crippen LogP contribution in [0, 0.1) is 0 Å². The smallest absolute Gasteiger partial charge is 0.260 e. The van der Waals surface area contributed by atoms with Gasteiger partial charge in [-0.15, -0.1) is 0 Å². The van der Waals surface area contributed by atoms with Gasteiger partial charge >= 0.3 is 0 Å². The van der Waals surface area contributed by atoms with E-state index in [1.54, 1.807) is 9.13 Å². The highest BCUT2D eigenvalue weighted by molar-refractivity contribution is 6.28. The van der Waals surface area contributed by atoms with E-state index in [0.717, 1.165) is 0 Å². The molecule has 0 aliphatic carbocycles. The molecule has 2 aliphatic rings. The summed E-state index contributed by atoms with van der Waals surface area (Å²) < 4.78 is 55.9. The molecule has 0 amide bonds. The van der Waals surface area contributed by atoms with Crippen LogP contribution in [0.5, 0.6) is 0 Å². The third-order valence-corrected chi connectivity index (χ3v) is 4.40.